The van der Waals surface area contributed by atoms with Crippen LogP contribution in [0.25, 0.3) is 0 Å². The summed E-state index contributed by atoms with van der Waals surface area (Å²) in [4.78, 5) is 11.2. The topological polar surface area (TPSA) is 40.1 Å². The molecule has 10 heavy (non-hydrogen) atoms. The quantitative estimate of drug-likeness (QED) is 0.618. The molecule has 1 aromatic heterocycles. The van der Waals surface area contributed by atoms with Crippen molar-refractivity contribution in [1.29, 1.82) is 0 Å². The minimum atomic E-state index is -1.01. The summed E-state index contributed by atoms with van der Waals surface area (Å²) in [7, 11) is 0. The number of carbonyl (C=O) groups is 1. The molecule has 0 aliphatic rings. The molecule has 0 amide bonds. The first-order chi connectivity index (χ1) is 4.70. The van der Waals surface area contributed by atoms with Crippen molar-refractivity contribution >= 4 is 17.3 Å². The number of carboxylic acids is 1. The largest absolute Gasteiger partial charge is 0.550 e. The summed E-state index contributed by atoms with van der Waals surface area (Å²) >= 11 is 1.56. The maximum Gasteiger partial charge on any atom is 0.0458 e. The lowest BCUT2D eigenvalue weighted by Crippen LogP contribution is -2.24. The van der Waals surface area contributed by atoms with Crippen LogP contribution in [0.2, 0.25) is 0 Å². The molecule has 0 N–H and O–H groups in total. The predicted octanol–water partition coefficient (Wildman–Crippen LogP) is 0.349. The molecule has 2 nitrogen and oxygen atoms in total. The van der Waals surface area contributed by atoms with Gasteiger partial charge >= 0.3 is 0 Å². The molecular formula is C7H7O2S-. The van der Waals surface area contributed by atoms with Gasteiger partial charge in [0, 0.05) is 17.3 Å². The van der Waals surface area contributed by atoms with E-state index >= 15 is 0 Å². The number of rotatable bonds is 2. The fraction of sp³-hybridized carbons (Fsp3) is 0.286. The van der Waals surface area contributed by atoms with Gasteiger partial charge in [0.25, 0.3) is 0 Å². The van der Waals surface area contributed by atoms with Crippen molar-refractivity contribution in [1.82, 2.24) is 0 Å². The predicted molar refractivity (Wildman–Crippen MR) is 37.8 cm³/mol. The van der Waals surface area contributed by atoms with Crippen molar-refractivity contribution < 1.29 is 9.90 Å². The van der Waals surface area contributed by atoms with Gasteiger partial charge in [-0.25, -0.2) is 0 Å². The van der Waals surface area contributed by atoms with Crippen molar-refractivity contribution in [3.05, 3.63) is 21.9 Å². The van der Waals surface area contributed by atoms with Crippen LogP contribution >= 0.6 is 11.3 Å². The molecule has 0 bridgehead atoms. The molecule has 0 unspecified atom stereocenters. The van der Waals surface area contributed by atoms with Crippen LogP contribution in [0.1, 0.15) is 10.4 Å². The molecular weight excluding hydrogens is 148 g/mol. The average Bonchev–Trinajstić information content (AvgIpc) is 2.15. The van der Waals surface area contributed by atoms with Gasteiger partial charge in [-0.2, -0.15) is 0 Å². The van der Waals surface area contributed by atoms with Gasteiger partial charge in [0.05, 0.1) is 0 Å². The van der Waals surface area contributed by atoms with Crippen LogP contribution in [0.5, 0.6) is 0 Å². The summed E-state index contributed by atoms with van der Waals surface area (Å²) in [5.41, 5.74) is 0.866. The van der Waals surface area contributed by atoms with E-state index in [4.69, 9.17) is 0 Å². The molecule has 0 saturated heterocycles. The second-order valence-electron chi connectivity index (χ2n) is 2.05. The van der Waals surface area contributed by atoms with E-state index in [1.165, 1.54) is 0 Å². The van der Waals surface area contributed by atoms with Crippen LogP contribution in [0.4, 0.5) is 0 Å². The number of aryl methyl sites for hydroxylation is 1. The van der Waals surface area contributed by atoms with Gasteiger partial charge in [-0.1, -0.05) is 0 Å². The zero-order valence-electron chi connectivity index (χ0n) is 5.59. The van der Waals surface area contributed by atoms with Gasteiger partial charge in [-0.05, 0) is 23.9 Å². The molecule has 1 rings (SSSR count). The lowest BCUT2D eigenvalue weighted by molar-refractivity contribution is -0.304. The number of carbonyl (C=O) groups excluding carboxylic acids is 1. The minimum Gasteiger partial charge on any atom is -0.550 e. The number of thiophene rings is 1. The minimum absolute atomic E-state index is 0.0370. The van der Waals surface area contributed by atoms with Crippen LogP contribution in [-0.2, 0) is 11.2 Å². The fourth-order valence-electron chi connectivity index (χ4n) is 0.750. The molecule has 1 aromatic rings. The standard InChI is InChI=1S/C7H8O2S/c1-5-6(2-3-10-5)4-7(8)9/h2-3H,4H2,1H3,(H,8,9)/p-1. The average molecular weight is 155 g/mol. The Balaban J connectivity index is 2.74. The van der Waals surface area contributed by atoms with E-state index in [1.54, 1.807) is 11.3 Å². The molecule has 0 aromatic carbocycles. The van der Waals surface area contributed by atoms with Crippen LogP contribution in [0, 0.1) is 6.92 Å². The third kappa shape index (κ3) is 1.57. The molecule has 0 saturated carbocycles. The highest BCUT2D eigenvalue weighted by atomic mass is 32.1. The fourth-order valence-corrected chi connectivity index (χ4v) is 1.48. The SMILES string of the molecule is Cc1sccc1CC(=O)[O-]. The molecule has 54 valence electrons. The van der Waals surface area contributed by atoms with Gasteiger partial charge in [0.15, 0.2) is 0 Å². The third-order valence-corrected chi connectivity index (χ3v) is 2.19. The monoisotopic (exact) mass is 155 g/mol. The van der Waals surface area contributed by atoms with E-state index in [2.05, 4.69) is 0 Å². The highest BCUT2D eigenvalue weighted by Gasteiger charge is 1.97. The van der Waals surface area contributed by atoms with E-state index in [0.29, 0.717) is 0 Å². The van der Waals surface area contributed by atoms with Gasteiger partial charge in [0.1, 0.15) is 0 Å². The van der Waals surface area contributed by atoms with Crippen molar-refractivity contribution in [2.24, 2.45) is 0 Å². The molecule has 0 atom stereocenters. The summed E-state index contributed by atoms with van der Waals surface area (Å²) in [6.45, 7) is 1.91. The first-order valence-electron chi connectivity index (χ1n) is 2.93. The molecule has 1 heterocycles. The molecule has 0 spiro atoms. The lowest BCUT2D eigenvalue weighted by Gasteiger charge is -1.99. The van der Waals surface area contributed by atoms with Crippen LogP contribution in [0.15, 0.2) is 11.4 Å². The highest BCUT2D eigenvalue weighted by molar-refractivity contribution is 7.10. The Kier molecular flexibility index (Phi) is 2.06. The Hall–Kier alpha value is -0.830. The van der Waals surface area contributed by atoms with E-state index in [9.17, 15) is 9.90 Å². The van der Waals surface area contributed by atoms with Crippen LogP contribution < -0.4 is 5.11 Å². The van der Waals surface area contributed by atoms with E-state index in [0.717, 1.165) is 10.4 Å². The smallest absolute Gasteiger partial charge is 0.0458 e. The maximum atomic E-state index is 10.1. The Morgan fingerprint density at radius 1 is 1.80 bits per heavy atom. The first kappa shape index (κ1) is 7.28. The van der Waals surface area contributed by atoms with Crippen molar-refractivity contribution in [3.63, 3.8) is 0 Å². The maximum absolute atomic E-state index is 10.1. The summed E-state index contributed by atoms with van der Waals surface area (Å²) in [6, 6.07) is 1.82. The summed E-state index contributed by atoms with van der Waals surface area (Å²) in [5, 5.41) is 12.0. The van der Waals surface area contributed by atoms with Crippen LogP contribution in [0.3, 0.4) is 0 Å². The molecule has 0 radical (unpaired) electrons. The van der Waals surface area contributed by atoms with E-state index in [1.807, 2.05) is 18.4 Å². The summed E-state index contributed by atoms with van der Waals surface area (Å²) in [6.07, 6.45) is 0.0370. The van der Waals surface area contributed by atoms with Gasteiger partial charge in [-0.15, -0.1) is 11.3 Å². The zero-order valence-corrected chi connectivity index (χ0v) is 6.40. The third-order valence-electron chi connectivity index (χ3n) is 1.30. The molecule has 0 aliphatic carbocycles. The van der Waals surface area contributed by atoms with E-state index < -0.39 is 5.97 Å². The zero-order chi connectivity index (χ0) is 7.56. The van der Waals surface area contributed by atoms with E-state index in [-0.39, 0.29) is 6.42 Å². The summed E-state index contributed by atoms with van der Waals surface area (Å²) in [5.74, 6) is -1.01. The Morgan fingerprint density at radius 2 is 2.50 bits per heavy atom. The Morgan fingerprint density at radius 3 is 2.90 bits per heavy atom. The van der Waals surface area contributed by atoms with Crippen molar-refractivity contribution in [2.75, 3.05) is 0 Å². The second-order valence-corrected chi connectivity index (χ2v) is 3.17. The highest BCUT2D eigenvalue weighted by Crippen LogP contribution is 2.14. The van der Waals surface area contributed by atoms with Crippen molar-refractivity contribution in [3.8, 4) is 0 Å². The molecule has 3 heteroatoms. The van der Waals surface area contributed by atoms with Crippen molar-refractivity contribution in [2.45, 2.75) is 13.3 Å². The number of carboxylic acid groups (broad SMARTS) is 1. The Bertz CT molecular complexity index is 240. The lowest BCUT2D eigenvalue weighted by atomic mass is 10.2. The molecule has 0 fully saturated rings. The van der Waals surface area contributed by atoms with Gasteiger partial charge < -0.3 is 9.90 Å². The van der Waals surface area contributed by atoms with Crippen LogP contribution in [-0.4, -0.2) is 5.97 Å². The van der Waals surface area contributed by atoms with Gasteiger partial charge in [0.2, 0.25) is 0 Å². The number of hydrogen-bond acceptors (Lipinski definition) is 3. The number of hydrogen-bond donors (Lipinski definition) is 0. The summed E-state index contributed by atoms with van der Waals surface area (Å²) < 4.78 is 0. The Labute approximate surface area is 63.1 Å². The molecule has 0 aliphatic heterocycles. The normalized spacial score (nSPS) is 9.70. The first-order valence-corrected chi connectivity index (χ1v) is 3.81. The number of aliphatic carboxylic acids is 1. The second kappa shape index (κ2) is 2.84. The van der Waals surface area contributed by atoms with Gasteiger partial charge in [-0.3, -0.25) is 0 Å².